The van der Waals surface area contributed by atoms with Gasteiger partial charge in [0.2, 0.25) is 11.8 Å². The van der Waals surface area contributed by atoms with Crippen molar-refractivity contribution in [2.24, 2.45) is 0 Å². The molecule has 0 saturated heterocycles. The van der Waals surface area contributed by atoms with Crippen molar-refractivity contribution >= 4 is 23.2 Å². The van der Waals surface area contributed by atoms with Crippen molar-refractivity contribution in [3.63, 3.8) is 0 Å². The molecule has 2 amide bonds. The van der Waals surface area contributed by atoms with Crippen LogP contribution >= 0.6 is 0 Å². The highest BCUT2D eigenvalue weighted by atomic mass is 16.2. The van der Waals surface area contributed by atoms with Gasteiger partial charge in [0.25, 0.3) is 0 Å². The minimum absolute atomic E-state index is 0.131. The first-order valence-electron chi connectivity index (χ1n) is 6.42. The quantitative estimate of drug-likeness (QED) is 0.777. The van der Waals surface area contributed by atoms with Crippen molar-refractivity contribution in [2.45, 2.75) is 13.3 Å². The molecule has 0 heterocycles. The second-order valence-electron chi connectivity index (χ2n) is 4.64. The van der Waals surface area contributed by atoms with E-state index >= 15 is 0 Å². The maximum absolute atomic E-state index is 11.8. The number of hydrogen-bond donors (Lipinski definition) is 2. The highest BCUT2D eigenvalue weighted by Gasteiger charge is 2.08. The standard InChI is InChI=1S/C15H21N3O2/c1-5-14(19)16-10-9-15(20)17-12-7-6-8-13(11(12)2)18(3)4/h5-8H,1,9-10H2,2-4H3,(H,16,19)(H,17,20). The first-order chi connectivity index (χ1) is 9.45. The van der Waals surface area contributed by atoms with Crippen LogP contribution in [0.5, 0.6) is 0 Å². The van der Waals surface area contributed by atoms with Crippen LogP contribution in [-0.2, 0) is 9.59 Å². The lowest BCUT2D eigenvalue weighted by atomic mass is 10.1. The summed E-state index contributed by atoms with van der Waals surface area (Å²) in [5, 5.41) is 5.42. The number of carbonyl (C=O) groups excluding carboxylic acids is 2. The minimum Gasteiger partial charge on any atom is -0.377 e. The largest absolute Gasteiger partial charge is 0.377 e. The Morgan fingerprint density at radius 3 is 2.65 bits per heavy atom. The van der Waals surface area contributed by atoms with Gasteiger partial charge in [-0.3, -0.25) is 9.59 Å². The maximum Gasteiger partial charge on any atom is 0.243 e. The van der Waals surface area contributed by atoms with E-state index in [-0.39, 0.29) is 18.2 Å². The molecule has 2 N–H and O–H groups in total. The second kappa shape index (κ2) is 7.33. The fraction of sp³-hybridized carbons (Fsp3) is 0.333. The van der Waals surface area contributed by atoms with Gasteiger partial charge in [0.15, 0.2) is 0 Å². The van der Waals surface area contributed by atoms with Gasteiger partial charge in [-0.1, -0.05) is 12.6 Å². The highest BCUT2D eigenvalue weighted by molar-refractivity contribution is 5.93. The number of rotatable bonds is 6. The van der Waals surface area contributed by atoms with Gasteiger partial charge in [0, 0.05) is 38.4 Å². The van der Waals surface area contributed by atoms with E-state index < -0.39 is 0 Å². The number of benzene rings is 1. The lowest BCUT2D eigenvalue weighted by Gasteiger charge is -2.18. The molecule has 0 radical (unpaired) electrons. The van der Waals surface area contributed by atoms with Crippen molar-refractivity contribution in [1.82, 2.24) is 5.32 Å². The molecule has 0 atom stereocenters. The zero-order valence-corrected chi connectivity index (χ0v) is 12.2. The van der Waals surface area contributed by atoms with Crippen LogP contribution in [0, 0.1) is 6.92 Å². The van der Waals surface area contributed by atoms with Crippen LogP contribution in [0.25, 0.3) is 0 Å². The summed E-state index contributed by atoms with van der Waals surface area (Å²) in [5.74, 6) is -0.406. The van der Waals surface area contributed by atoms with E-state index in [9.17, 15) is 9.59 Å². The Morgan fingerprint density at radius 1 is 1.35 bits per heavy atom. The topological polar surface area (TPSA) is 61.4 Å². The molecule has 0 bridgehead atoms. The van der Waals surface area contributed by atoms with Crippen LogP contribution in [0.2, 0.25) is 0 Å². The molecule has 0 spiro atoms. The van der Waals surface area contributed by atoms with Gasteiger partial charge in [0.05, 0.1) is 0 Å². The molecule has 0 aliphatic carbocycles. The van der Waals surface area contributed by atoms with Crippen molar-refractivity contribution in [2.75, 3.05) is 30.9 Å². The van der Waals surface area contributed by atoms with Gasteiger partial charge in [0.1, 0.15) is 0 Å². The highest BCUT2D eigenvalue weighted by Crippen LogP contribution is 2.25. The molecule has 20 heavy (non-hydrogen) atoms. The number of nitrogens with one attached hydrogen (secondary N) is 2. The molecular weight excluding hydrogens is 254 g/mol. The van der Waals surface area contributed by atoms with Crippen LogP contribution in [0.3, 0.4) is 0 Å². The summed E-state index contributed by atoms with van der Waals surface area (Å²) in [6.07, 6.45) is 1.41. The predicted octanol–water partition coefficient (Wildman–Crippen LogP) is 1.69. The van der Waals surface area contributed by atoms with Crippen molar-refractivity contribution < 1.29 is 9.59 Å². The summed E-state index contributed by atoms with van der Waals surface area (Å²) < 4.78 is 0. The lowest BCUT2D eigenvalue weighted by Crippen LogP contribution is -2.26. The smallest absolute Gasteiger partial charge is 0.243 e. The molecule has 1 aromatic rings. The van der Waals surface area contributed by atoms with Gasteiger partial charge in [-0.15, -0.1) is 0 Å². The Morgan fingerprint density at radius 2 is 2.05 bits per heavy atom. The number of nitrogens with zero attached hydrogens (tertiary/aromatic N) is 1. The van der Waals surface area contributed by atoms with Gasteiger partial charge in [-0.05, 0) is 30.7 Å². The third-order valence-electron chi connectivity index (χ3n) is 2.90. The Hall–Kier alpha value is -2.30. The molecule has 0 saturated carbocycles. The van der Waals surface area contributed by atoms with E-state index in [0.29, 0.717) is 6.54 Å². The molecule has 5 heteroatoms. The number of hydrogen-bond acceptors (Lipinski definition) is 3. The van der Waals surface area contributed by atoms with Crippen LogP contribution in [0.4, 0.5) is 11.4 Å². The zero-order chi connectivity index (χ0) is 15.1. The fourth-order valence-corrected chi connectivity index (χ4v) is 1.83. The monoisotopic (exact) mass is 275 g/mol. The Bertz CT molecular complexity index is 510. The maximum atomic E-state index is 11.8. The summed E-state index contributed by atoms with van der Waals surface area (Å²) >= 11 is 0. The third-order valence-corrected chi connectivity index (χ3v) is 2.90. The van der Waals surface area contributed by atoms with Gasteiger partial charge in [-0.2, -0.15) is 0 Å². The number of anilines is 2. The first kappa shape index (κ1) is 15.8. The number of amides is 2. The molecule has 1 aromatic carbocycles. The average Bonchev–Trinajstić information content (AvgIpc) is 2.40. The van der Waals surface area contributed by atoms with Crippen LogP contribution in [0.15, 0.2) is 30.9 Å². The SMILES string of the molecule is C=CC(=O)NCCC(=O)Nc1cccc(N(C)C)c1C. The van der Waals surface area contributed by atoms with Crippen molar-refractivity contribution in [3.8, 4) is 0 Å². The summed E-state index contributed by atoms with van der Waals surface area (Å²) in [7, 11) is 3.91. The fourth-order valence-electron chi connectivity index (χ4n) is 1.83. The van der Waals surface area contributed by atoms with E-state index in [1.165, 1.54) is 6.08 Å². The van der Waals surface area contributed by atoms with Gasteiger partial charge in [-0.25, -0.2) is 0 Å². The van der Waals surface area contributed by atoms with Crippen molar-refractivity contribution in [1.29, 1.82) is 0 Å². The third kappa shape index (κ3) is 4.42. The molecule has 0 fully saturated rings. The first-order valence-corrected chi connectivity index (χ1v) is 6.42. The van der Waals surface area contributed by atoms with Crippen LogP contribution < -0.4 is 15.5 Å². The molecule has 0 aliphatic heterocycles. The lowest BCUT2D eigenvalue weighted by molar-refractivity contribution is -0.117. The normalized spacial score (nSPS) is 9.75. The Kier molecular flexibility index (Phi) is 5.77. The van der Waals surface area contributed by atoms with E-state index in [0.717, 1.165) is 16.9 Å². The predicted molar refractivity (Wildman–Crippen MR) is 82.0 cm³/mol. The van der Waals surface area contributed by atoms with E-state index in [4.69, 9.17) is 0 Å². The van der Waals surface area contributed by atoms with Gasteiger partial charge >= 0.3 is 0 Å². The van der Waals surface area contributed by atoms with E-state index in [1.54, 1.807) is 0 Å². The average molecular weight is 275 g/mol. The van der Waals surface area contributed by atoms with E-state index in [1.807, 2.05) is 44.1 Å². The zero-order valence-electron chi connectivity index (χ0n) is 12.2. The molecule has 0 aromatic heterocycles. The Labute approximate surface area is 119 Å². The van der Waals surface area contributed by atoms with Gasteiger partial charge < -0.3 is 15.5 Å². The van der Waals surface area contributed by atoms with E-state index in [2.05, 4.69) is 17.2 Å². The molecule has 108 valence electrons. The molecule has 1 rings (SSSR count). The minimum atomic E-state index is -0.274. The second-order valence-corrected chi connectivity index (χ2v) is 4.64. The Balaban J connectivity index is 2.60. The molecule has 0 unspecified atom stereocenters. The van der Waals surface area contributed by atoms with Crippen molar-refractivity contribution in [3.05, 3.63) is 36.4 Å². The molecule has 0 aliphatic rings. The summed E-state index contributed by atoms with van der Waals surface area (Å²) in [5.41, 5.74) is 2.86. The summed E-state index contributed by atoms with van der Waals surface area (Å²) in [6.45, 7) is 5.60. The summed E-state index contributed by atoms with van der Waals surface area (Å²) in [4.78, 5) is 24.8. The number of carbonyl (C=O) groups is 2. The van der Waals surface area contributed by atoms with Crippen LogP contribution in [-0.4, -0.2) is 32.5 Å². The molecular formula is C15H21N3O2. The molecule has 5 nitrogen and oxygen atoms in total. The summed E-state index contributed by atoms with van der Waals surface area (Å²) in [6, 6.07) is 5.76. The van der Waals surface area contributed by atoms with Crippen LogP contribution in [0.1, 0.15) is 12.0 Å².